The van der Waals surface area contributed by atoms with E-state index in [0.717, 1.165) is 17.4 Å². The maximum Gasteiger partial charge on any atom is 0.220 e. The molecule has 1 N–H and O–H groups in total. The number of rotatable bonds is 6. The van der Waals surface area contributed by atoms with Gasteiger partial charge in [0.25, 0.3) is 0 Å². The molecule has 3 atom stereocenters. The van der Waals surface area contributed by atoms with Crippen molar-refractivity contribution in [1.82, 2.24) is 20.1 Å². The molecule has 126 valence electrons. The predicted molar refractivity (Wildman–Crippen MR) is 91.0 cm³/mol. The summed E-state index contributed by atoms with van der Waals surface area (Å²) in [6.07, 6.45) is 9.32. The minimum absolute atomic E-state index is 0.203. The van der Waals surface area contributed by atoms with Crippen molar-refractivity contribution in [1.29, 1.82) is 0 Å². The van der Waals surface area contributed by atoms with Gasteiger partial charge in [-0.25, -0.2) is 9.67 Å². The summed E-state index contributed by atoms with van der Waals surface area (Å²) < 4.78 is 1.80. The maximum absolute atomic E-state index is 12.3. The van der Waals surface area contributed by atoms with Gasteiger partial charge in [-0.2, -0.15) is 5.10 Å². The quantitative estimate of drug-likeness (QED) is 0.889. The first-order valence-electron chi connectivity index (χ1n) is 8.93. The molecule has 0 saturated heterocycles. The fourth-order valence-corrected chi connectivity index (χ4v) is 4.48. The first-order chi connectivity index (χ1) is 11.8. The molecular formula is C19H24N4O. The SMILES string of the molecule is O=C(C[C@@H]1C[C@H]2CC[C@H]1C2)NCc1cccc(Cn2cncn2)c1. The van der Waals surface area contributed by atoms with Crippen molar-refractivity contribution in [2.24, 2.45) is 17.8 Å². The minimum Gasteiger partial charge on any atom is -0.352 e. The highest BCUT2D eigenvalue weighted by Gasteiger charge is 2.39. The summed E-state index contributed by atoms with van der Waals surface area (Å²) in [7, 11) is 0. The van der Waals surface area contributed by atoms with E-state index in [4.69, 9.17) is 0 Å². The Balaban J connectivity index is 1.28. The second-order valence-electron chi connectivity index (χ2n) is 7.33. The molecule has 1 aromatic heterocycles. The van der Waals surface area contributed by atoms with Gasteiger partial charge in [0, 0.05) is 13.0 Å². The number of nitrogens with one attached hydrogen (secondary N) is 1. The van der Waals surface area contributed by atoms with Gasteiger partial charge in [0.1, 0.15) is 12.7 Å². The molecule has 2 aliphatic carbocycles. The molecule has 2 aliphatic rings. The number of carbonyl (C=O) groups excluding carboxylic acids is 1. The molecule has 5 nitrogen and oxygen atoms in total. The normalized spacial score (nSPS) is 25.1. The van der Waals surface area contributed by atoms with E-state index in [9.17, 15) is 4.79 Å². The summed E-state index contributed by atoms with van der Waals surface area (Å²) in [4.78, 5) is 16.2. The average molecular weight is 324 g/mol. The number of carbonyl (C=O) groups is 1. The fourth-order valence-electron chi connectivity index (χ4n) is 4.48. The van der Waals surface area contributed by atoms with Crippen LogP contribution in [0.5, 0.6) is 0 Å². The molecule has 0 radical (unpaired) electrons. The molecule has 0 unspecified atom stereocenters. The third-order valence-electron chi connectivity index (χ3n) is 5.62. The Morgan fingerprint density at radius 3 is 2.92 bits per heavy atom. The van der Waals surface area contributed by atoms with Gasteiger partial charge < -0.3 is 5.32 Å². The molecule has 2 fully saturated rings. The number of hydrogen-bond acceptors (Lipinski definition) is 3. The van der Waals surface area contributed by atoms with Crippen LogP contribution in [0.15, 0.2) is 36.9 Å². The van der Waals surface area contributed by atoms with Gasteiger partial charge in [0.05, 0.1) is 6.54 Å². The molecule has 1 amide bonds. The van der Waals surface area contributed by atoms with E-state index in [1.54, 1.807) is 17.3 Å². The Labute approximate surface area is 142 Å². The topological polar surface area (TPSA) is 59.8 Å². The highest BCUT2D eigenvalue weighted by molar-refractivity contribution is 5.76. The zero-order valence-electron chi connectivity index (χ0n) is 13.9. The number of nitrogens with zero attached hydrogens (tertiary/aromatic N) is 3. The fraction of sp³-hybridized carbons (Fsp3) is 0.526. The van der Waals surface area contributed by atoms with Crippen molar-refractivity contribution < 1.29 is 4.79 Å². The van der Waals surface area contributed by atoms with Crippen LogP contribution in [0, 0.1) is 17.8 Å². The van der Waals surface area contributed by atoms with Crippen LogP contribution < -0.4 is 5.32 Å². The summed E-state index contributed by atoms with van der Waals surface area (Å²) >= 11 is 0. The van der Waals surface area contributed by atoms with Gasteiger partial charge in [-0.15, -0.1) is 0 Å². The average Bonchev–Trinajstić information content (AvgIpc) is 3.31. The highest BCUT2D eigenvalue weighted by Crippen LogP contribution is 2.49. The van der Waals surface area contributed by atoms with E-state index in [0.29, 0.717) is 25.4 Å². The molecule has 0 aliphatic heterocycles. The Bertz CT molecular complexity index is 697. The molecule has 2 saturated carbocycles. The number of aromatic nitrogens is 3. The molecule has 1 heterocycles. The Hall–Kier alpha value is -2.17. The van der Waals surface area contributed by atoms with Crippen molar-refractivity contribution in [3.63, 3.8) is 0 Å². The molecule has 2 bridgehead atoms. The molecule has 4 rings (SSSR count). The number of hydrogen-bond donors (Lipinski definition) is 1. The lowest BCUT2D eigenvalue weighted by atomic mass is 9.86. The smallest absolute Gasteiger partial charge is 0.220 e. The summed E-state index contributed by atoms with van der Waals surface area (Å²) in [6, 6.07) is 8.29. The third kappa shape index (κ3) is 3.50. The van der Waals surface area contributed by atoms with E-state index in [1.807, 2.05) is 6.07 Å². The first kappa shape index (κ1) is 15.4. The lowest BCUT2D eigenvalue weighted by Crippen LogP contribution is -2.27. The second-order valence-corrected chi connectivity index (χ2v) is 7.33. The Kier molecular flexibility index (Phi) is 4.32. The van der Waals surface area contributed by atoms with Crippen LogP contribution in [0.4, 0.5) is 0 Å². The molecule has 0 spiro atoms. The van der Waals surface area contributed by atoms with Crippen molar-refractivity contribution >= 4 is 5.91 Å². The van der Waals surface area contributed by atoms with Gasteiger partial charge in [0.2, 0.25) is 5.91 Å². The van der Waals surface area contributed by atoms with E-state index in [1.165, 1.54) is 31.2 Å². The van der Waals surface area contributed by atoms with Crippen LogP contribution in [0.25, 0.3) is 0 Å². The van der Waals surface area contributed by atoms with Crippen LogP contribution >= 0.6 is 0 Å². The zero-order chi connectivity index (χ0) is 16.4. The number of benzene rings is 1. The Morgan fingerprint density at radius 2 is 2.17 bits per heavy atom. The van der Waals surface area contributed by atoms with Crippen molar-refractivity contribution in [2.45, 2.75) is 45.2 Å². The van der Waals surface area contributed by atoms with Crippen LogP contribution in [-0.4, -0.2) is 20.7 Å². The Morgan fingerprint density at radius 1 is 1.25 bits per heavy atom. The summed E-state index contributed by atoms with van der Waals surface area (Å²) in [5, 5.41) is 7.22. The number of amides is 1. The van der Waals surface area contributed by atoms with Crippen molar-refractivity contribution in [2.75, 3.05) is 0 Å². The van der Waals surface area contributed by atoms with Gasteiger partial charge >= 0.3 is 0 Å². The van der Waals surface area contributed by atoms with Crippen LogP contribution in [0.1, 0.15) is 43.2 Å². The largest absolute Gasteiger partial charge is 0.352 e. The molecule has 2 aromatic rings. The lowest BCUT2D eigenvalue weighted by Gasteiger charge is -2.20. The standard InChI is InChI=1S/C19H24N4O/c24-19(9-18-8-14-4-5-17(18)7-14)21-10-15-2-1-3-16(6-15)11-23-13-20-12-22-23/h1-3,6,12-14,17-18H,4-5,7-11H2,(H,21,24)/t14-,17-,18-/m0/s1. The van der Waals surface area contributed by atoms with Crippen LogP contribution in [-0.2, 0) is 17.9 Å². The summed E-state index contributed by atoms with van der Waals surface area (Å²) in [5.41, 5.74) is 2.30. The first-order valence-corrected chi connectivity index (χ1v) is 8.93. The maximum atomic E-state index is 12.3. The summed E-state index contributed by atoms with van der Waals surface area (Å²) in [5.74, 6) is 2.55. The van der Waals surface area contributed by atoms with Crippen molar-refractivity contribution in [3.8, 4) is 0 Å². The molecular weight excluding hydrogens is 300 g/mol. The van der Waals surface area contributed by atoms with Gasteiger partial charge in [0.15, 0.2) is 0 Å². The van der Waals surface area contributed by atoms with E-state index in [-0.39, 0.29) is 5.91 Å². The highest BCUT2D eigenvalue weighted by atomic mass is 16.1. The van der Waals surface area contributed by atoms with Crippen LogP contribution in [0.3, 0.4) is 0 Å². The molecule has 5 heteroatoms. The van der Waals surface area contributed by atoms with Crippen LogP contribution in [0.2, 0.25) is 0 Å². The van der Waals surface area contributed by atoms with Gasteiger partial charge in [-0.3, -0.25) is 4.79 Å². The minimum atomic E-state index is 0.203. The predicted octanol–water partition coefficient (Wildman–Crippen LogP) is 2.77. The zero-order valence-corrected chi connectivity index (χ0v) is 13.9. The van der Waals surface area contributed by atoms with E-state index >= 15 is 0 Å². The summed E-state index contributed by atoms with van der Waals surface area (Å²) in [6.45, 7) is 1.30. The molecule has 1 aromatic carbocycles. The lowest BCUT2D eigenvalue weighted by molar-refractivity contribution is -0.122. The number of fused-ring (bicyclic) bond motifs is 2. The van der Waals surface area contributed by atoms with Crippen molar-refractivity contribution in [3.05, 3.63) is 48.0 Å². The van der Waals surface area contributed by atoms with E-state index in [2.05, 4.69) is 33.6 Å². The third-order valence-corrected chi connectivity index (χ3v) is 5.62. The van der Waals surface area contributed by atoms with E-state index < -0.39 is 0 Å². The monoisotopic (exact) mass is 324 g/mol. The molecule has 24 heavy (non-hydrogen) atoms. The van der Waals surface area contributed by atoms with Gasteiger partial charge in [-0.1, -0.05) is 30.7 Å². The second kappa shape index (κ2) is 6.75. The van der Waals surface area contributed by atoms with Gasteiger partial charge in [-0.05, 0) is 48.1 Å².